The average molecular weight is 399 g/mol. The summed E-state index contributed by atoms with van der Waals surface area (Å²) < 4.78 is 6.54. The normalized spacial score (nSPS) is 19.3. The van der Waals surface area contributed by atoms with Crippen molar-refractivity contribution in [2.45, 2.75) is 59.0 Å². The van der Waals surface area contributed by atoms with Crippen molar-refractivity contribution in [1.82, 2.24) is 15.1 Å². The Labute approximate surface area is 170 Å². The van der Waals surface area contributed by atoms with E-state index in [1.165, 1.54) is 11.1 Å². The first-order valence-electron chi connectivity index (χ1n) is 10.3. The van der Waals surface area contributed by atoms with Crippen LogP contribution in [0.4, 0.5) is 0 Å². The van der Waals surface area contributed by atoms with E-state index in [1.54, 1.807) is 24.3 Å². The lowest BCUT2D eigenvalue weighted by Gasteiger charge is -2.29. The van der Waals surface area contributed by atoms with E-state index in [0.29, 0.717) is 23.2 Å². The maximum Gasteiger partial charge on any atom is 0.359 e. The van der Waals surface area contributed by atoms with Gasteiger partial charge in [0.2, 0.25) is 0 Å². The molecule has 0 aliphatic heterocycles. The molecule has 0 saturated heterocycles. The number of ether oxygens (including phenoxy) is 1. The molecule has 2 aromatic rings. The van der Waals surface area contributed by atoms with Crippen LogP contribution in [-0.2, 0) is 16.1 Å². The molecule has 1 amide bonds. The van der Waals surface area contributed by atoms with Crippen molar-refractivity contribution >= 4 is 22.6 Å². The minimum Gasteiger partial charge on any atom is -0.451 e. The zero-order valence-corrected chi connectivity index (χ0v) is 17.3. The lowest BCUT2D eigenvalue weighted by Crippen LogP contribution is -2.43. The molecule has 0 spiro atoms. The maximum absolute atomic E-state index is 12.7. The number of nitrogens with zero attached hydrogens (tertiary/aromatic N) is 2. The van der Waals surface area contributed by atoms with Crippen LogP contribution in [-0.4, -0.2) is 34.3 Å². The number of rotatable bonds is 6. The highest BCUT2D eigenvalue weighted by atomic mass is 16.5. The van der Waals surface area contributed by atoms with E-state index in [0.717, 1.165) is 19.3 Å². The number of hydrogen-bond donors (Lipinski definition) is 1. The van der Waals surface area contributed by atoms with Crippen molar-refractivity contribution in [2.75, 3.05) is 6.61 Å². The van der Waals surface area contributed by atoms with Gasteiger partial charge < -0.3 is 10.1 Å². The highest BCUT2D eigenvalue weighted by Gasteiger charge is 2.24. The second-order valence-corrected chi connectivity index (χ2v) is 8.29. The molecule has 0 bridgehead atoms. The Kier molecular flexibility index (Phi) is 6.67. The van der Waals surface area contributed by atoms with Crippen LogP contribution in [0, 0.1) is 11.8 Å². The highest BCUT2D eigenvalue weighted by Crippen LogP contribution is 2.23. The Hall–Kier alpha value is -2.70. The van der Waals surface area contributed by atoms with Gasteiger partial charge in [-0.15, -0.1) is 0 Å². The Morgan fingerprint density at radius 3 is 2.59 bits per heavy atom. The second kappa shape index (κ2) is 9.20. The van der Waals surface area contributed by atoms with Gasteiger partial charge in [0, 0.05) is 18.0 Å². The van der Waals surface area contributed by atoms with Crippen molar-refractivity contribution in [2.24, 2.45) is 11.8 Å². The molecule has 1 heterocycles. The molecule has 1 fully saturated rings. The van der Waals surface area contributed by atoms with Crippen molar-refractivity contribution in [1.29, 1.82) is 0 Å². The molecule has 7 nitrogen and oxygen atoms in total. The molecule has 1 aliphatic rings. The van der Waals surface area contributed by atoms with Gasteiger partial charge >= 0.3 is 5.97 Å². The Morgan fingerprint density at radius 1 is 1.21 bits per heavy atom. The molecule has 0 radical (unpaired) electrons. The molecular weight excluding hydrogens is 370 g/mol. The Bertz CT molecular complexity index is 951. The summed E-state index contributed by atoms with van der Waals surface area (Å²) in [5.41, 5.74) is -0.186. The van der Waals surface area contributed by atoms with Gasteiger partial charge in [-0.3, -0.25) is 9.59 Å². The number of carbonyl (C=O) groups excluding carboxylic acids is 2. The lowest BCUT2D eigenvalue weighted by molar-refractivity contribution is -0.125. The third-order valence-electron chi connectivity index (χ3n) is 5.39. The van der Waals surface area contributed by atoms with Gasteiger partial charge in [-0.05, 0) is 30.7 Å². The van der Waals surface area contributed by atoms with E-state index in [2.05, 4.69) is 17.3 Å². The predicted octanol–water partition coefficient (Wildman–Crippen LogP) is 2.90. The summed E-state index contributed by atoms with van der Waals surface area (Å²) in [7, 11) is 0. The van der Waals surface area contributed by atoms with E-state index in [1.807, 2.05) is 13.8 Å². The highest BCUT2D eigenvalue weighted by molar-refractivity contribution is 6.02. The number of carbonyl (C=O) groups is 2. The van der Waals surface area contributed by atoms with Crippen LogP contribution in [0.1, 0.15) is 56.9 Å². The molecule has 1 aliphatic carbocycles. The fraction of sp³-hybridized carbons (Fsp3) is 0.545. The summed E-state index contributed by atoms with van der Waals surface area (Å²) in [6.45, 7) is 6.10. The van der Waals surface area contributed by atoms with Gasteiger partial charge in [0.1, 0.15) is 0 Å². The third kappa shape index (κ3) is 5.02. The van der Waals surface area contributed by atoms with Crippen LogP contribution in [0.2, 0.25) is 0 Å². The zero-order chi connectivity index (χ0) is 21.0. The monoisotopic (exact) mass is 399 g/mol. The van der Waals surface area contributed by atoms with Crippen LogP contribution >= 0.6 is 0 Å². The van der Waals surface area contributed by atoms with Gasteiger partial charge in [-0.1, -0.05) is 51.8 Å². The number of benzene rings is 1. The van der Waals surface area contributed by atoms with Crippen molar-refractivity contribution < 1.29 is 14.3 Å². The van der Waals surface area contributed by atoms with Gasteiger partial charge in [0.25, 0.3) is 11.5 Å². The van der Waals surface area contributed by atoms with Gasteiger partial charge in [0.05, 0.1) is 5.39 Å². The number of fused-ring (bicyclic) bond motifs is 1. The largest absolute Gasteiger partial charge is 0.451 e. The number of amides is 1. The van der Waals surface area contributed by atoms with Crippen molar-refractivity contribution in [3.05, 3.63) is 40.3 Å². The second-order valence-electron chi connectivity index (χ2n) is 8.29. The Morgan fingerprint density at radius 2 is 1.90 bits per heavy atom. The molecule has 7 heteroatoms. The topological polar surface area (TPSA) is 90.3 Å². The summed E-state index contributed by atoms with van der Waals surface area (Å²) >= 11 is 0. The summed E-state index contributed by atoms with van der Waals surface area (Å²) in [4.78, 5) is 37.6. The summed E-state index contributed by atoms with van der Waals surface area (Å²) in [6.07, 6.45) is 4.33. The standard InChI is InChI=1S/C22H29N3O4/c1-14(2)12-25-21(27)17-10-6-5-9-16(17)20(24-25)22(28)29-13-19(26)23-18-11-7-4-8-15(18)3/h5-6,9-10,14-15,18H,4,7-8,11-13H2,1-3H3,(H,23,26)/t15-,18-/m1/s1. The zero-order valence-electron chi connectivity index (χ0n) is 17.3. The number of nitrogens with one attached hydrogen (secondary N) is 1. The van der Waals surface area contributed by atoms with Crippen molar-refractivity contribution in [3.63, 3.8) is 0 Å². The number of aromatic nitrogens is 2. The average Bonchev–Trinajstić information content (AvgIpc) is 2.70. The molecule has 1 aromatic heterocycles. The van der Waals surface area contributed by atoms with Crippen LogP contribution in [0.15, 0.2) is 29.1 Å². The van der Waals surface area contributed by atoms with E-state index >= 15 is 0 Å². The lowest BCUT2D eigenvalue weighted by atomic mass is 9.86. The van der Waals surface area contributed by atoms with E-state index < -0.39 is 5.97 Å². The van der Waals surface area contributed by atoms with Gasteiger partial charge in [-0.2, -0.15) is 5.10 Å². The summed E-state index contributed by atoms with van der Waals surface area (Å²) in [6, 6.07) is 6.96. The van der Waals surface area contributed by atoms with Crippen LogP contribution in [0.5, 0.6) is 0 Å². The molecule has 3 rings (SSSR count). The minimum absolute atomic E-state index is 0.0553. The van der Waals surface area contributed by atoms with Crippen molar-refractivity contribution in [3.8, 4) is 0 Å². The molecular formula is C22H29N3O4. The van der Waals surface area contributed by atoms with E-state index in [9.17, 15) is 14.4 Å². The molecule has 1 aromatic carbocycles. The third-order valence-corrected chi connectivity index (χ3v) is 5.39. The fourth-order valence-corrected chi connectivity index (χ4v) is 3.83. The van der Waals surface area contributed by atoms with Gasteiger partial charge in [-0.25, -0.2) is 9.48 Å². The molecule has 29 heavy (non-hydrogen) atoms. The summed E-state index contributed by atoms with van der Waals surface area (Å²) in [5, 5.41) is 8.06. The molecule has 0 unspecified atom stereocenters. The number of esters is 1. The molecule has 1 N–H and O–H groups in total. The first kappa shape index (κ1) is 21.0. The van der Waals surface area contributed by atoms with Crippen LogP contribution in [0.3, 0.4) is 0 Å². The van der Waals surface area contributed by atoms with E-state index in [-0.39, 0.29) is 35.7 Å². The van der Waals surface area contributed by atoms with Crippen LogP contribution < -0.4 is 10.9 Å². The maximum atomic E-state index is 12.7. The summed E-state index contributed by atoms with van der Waals surface area (Å²) in [5.74, 6) is -0.399. The SMILES string of the molecule is CC(C)Cn1nc(C(=O)OCC(=O)N[C@@H]2CCCC[C@H]2C)c2ccccc2c1=O. The Balaban J connectivity index is 1.75. The molecule has 2 atom stereocenters. The number of hydrogen-bond acceptors (Lipinski definition) is 5. The quantitative estimate of drug-likeness (QED) is 0.755. The minimum atomic E-state index is -0.703. The molecule has 156 valence electrons. The molecule has 1 saturated carbocycles. The van der Waals surface area contributed by atoms with E-state index in [4.69, 9.17) is 4.74 Å². The first-order valence-corrected chi connectivity index (χ1v) is 10.3. The fourth-order valence-electron chi connectivity index (χ4n) is 3.83. The smallest absolute Gasteiger partial charge is 0.359 e. The predicted molar refractivity (Wildman–Crippen MR) is 111 cm³/mol. The van der Waals surface area contributed by atoms with Gasteiger partial charge in [0.15, 0.2) is 12.3 Å². The first-order chi connectivity index (χ1) is 13.9. The van der Waals surface area contributed by atoms with Crippen LogP contribution in [0.25, 0.3) is 10.8 Å².